The van der Waals surface area contributed by atoms with Gasteiger partial charge < -0.3 is 14.8 Å². The zero-order valence-electron chi connectivity index (χ0n) is 10.4. The second-order valence-electron chi connectivity index (χ2n) is 4.27. The monoisotopic (exact) mass is 281 g/mol. The molecule has 0 atom stereocenters. The lowest BCUT2D eigenvalue weighted by molar-refractivity contribution is -0.782. The molecule has 0 spiro atoms. The molecule has 1 aliphatic rings. The van der Waals surface area contributed by atoms with Crippen molar-refractivity contribution in [2.45, 2.75) is 6.54 Å². The molecule has 1 aliphatic heterocycles. The summed E-state index contributed by atoms with van der Waals surface area (Å²) in [5, 5.41) is 14.6. The van der Waals surface area contributed by atoms with Crippen LogP contribution in [0.4, 0.5) is 0 Å². The van der Waals surface area contributed by atoms with Crippen LogP contribution in [0.15, 0.2) is 15.8 Å². The van der Waals surface area contributed by atoms with Gasteiger partial charge in [-0.2, -0.15) is 4.98 Å². The predicted octanol–water partition coefficient (Wildman–Crippen LogP) is -2.12. The number of nitrogens with zero attached hydrogens (tertiary/aromatic N) is 5. The minimum absolute atomic E-state index is 0.0135. The highest BCUT2D eigenvalue weighted by atomic mass is 16.8. The Bertz CT molecular complexity index is 702. The highest BCUT2D eigenvalue weighted by Crippen LogP contribution is 2.00. The number of rotatable bonds is 2. The quantitative estimate of drug-likeness (QED) is 0.577. The first-order valence-electron chi connectivity index (χ1n) is 5.97. The van der Waals surface area contributed by atoms with Crippen molar-refractivity contribution in [2.75, 3.05) is 26.3 Å². The molecule has 1 fully saturated rings. The van der Waals surface area contributed by atoms with Crippen molar-refractivity contribution in [3.63, 3.8) is 0 Å². The molecule has 0 N–H and O–H groups in total. The van der Waals surface area contributed by atoms with E-state index in [9.17, 15) is 14.8 Å². The standard InChI is InChI=1S/C10H11N5O5/c16-7(13-1-3-19-4-2-13)5-14-6-11-9-8(10(14)17)15(18)20-12-9/h6H,1-5H2. The van der Waals surface area contributed by atoms with Crippen molar-refractivity contribution in [3.05, 3.63) is 21.9 Å². The Morgan fingerprint density at radius 3 is 2.95 bits per heavy atom. The Hall–Kier alpha value is -2.49. The lowest BCUT2D eigenvalue weighted by Crippen LogP contribution is -2.44. The second kappa shape index (κ2) is 4.89. The van der Waals surface area contributed by atoms with Gasteiger partial charge in [-0.15, -0.1) is 0 Å². The molecule has 10 heteroatoms. The van der Waals surface area contributed by atoms with E-state index in [-0.39, 0.29) is 28.5 Å². The summed E-state index contributed by atoms with van der Waals surface area (Å²) in [4.78, 5) is 29.5. The molecule has 106 valence electrons. The molecular formula is C10H11N5O5. The van der Waals surface area contributed by atoms with E-state index in [1.54, 1.807) is 4.90 Å². The molecule has 0 saturated carbocycles. The van der Waals surface area contributed by atoms with E-state index >= 15 is 0 Å². The van der Waals surface area contributed by atoms with E-state index in [1.807, 2.05) is 0 Å². The third kappa shape index (κ3) is 2.09. The average molecular weight is 281 g/mol. The van der Waals surface area contributed by atoms with Crippen molar-refractivity contribution in [3.8, 4) is 0 Å². The summed E-state index contributed by atoms with van der Waals surface area (Å²) in [6.07, 6.45) is 1.17. The van der Waals surface area contributed by atoms with Gasteiger partial charge in [0.2, 0.25) is 5.91 Å². The molecule has 0 bridgehead atoms. The van der Waals surface area contributed by atoms with Crippen LogP contribution in [0.1, 0.15) is 0 Å². The zero-order chi connectivity index (χ0) is 14.1. The van der Waals surface area contributed by atoms with Crippen LogP contribution in [0.2, 0.25) is 0 Å². The fourth-order valence-corrected chi connectivity index (χ4v) is 1.98. The van der Waals surface area contributed by atoms with Crippen molar-refractivity contribution in [1.82, 2.24) is 19.6 Å². The molecule has 3 rings (SSSR count). The fourth-order valence-electron chi connectivity index (χ4n) is 1.98. The van der Waals surface area contributed by atoms with Crippen molar-refractivity contribution >= 4 is 17.1 Å². The zero-order valence-corrected chi connectivity index (χ0v) is 10.4. The molecular weight excluding hydrogens is 270 g/mol. The van der Waals surface area contributed by atoms with E-state index in [2.05, 4.69) is 14.8 Å². The van der Waals surface area contributed by atoms with E-state index in [0.717, 1.165) is 4.57 Å². The third-order valence-electron chi connectivity index (χ3n) is 3.05. The predicted molar refractivity (Wildman–Crippen MR) is 62.4 cm³/mol. The number of fused-ring (bicyclic) bond motifs is 1. The first-order chi connectivity index (χ1) is 9.66. The fraction of sp³-hybridized carbons (Fsp3) is 0.500. The molecule has 1 amide bonds. The number of carbonyl (C=O) groups excluding carboxylic acids is 1. The first kappa shape index (κ1) is 12.5. The van der Waals surface area contributed by atoms with E-state index in [0.29, 0.717) is 26.3 Å². The van der Waals surface area contributed by atoms with Crippen LogP contribution in [-0.2, 0) is 16.1 Å². The maximum atomic E-state index is 12.0. The summed E-state index contributed by atoms with van der Waals surface area (Å²) < 4.78 is 10.5. The van der Waals surface area contributed by atoms with Crippen molar-refractivity contribution < 1.29 is 19.1 Å². The molecule has 0 aromatic carbocycles. The highest BCUT2D eigenvalue weighted by Gasteiger charge is 2.21. The minimum atomic E-state index is -0.659. The van der Waals surface area contributed by atoms with Crippen LogP contribution in [-0.4, -0.2) is 51.8 Å². The number of hydrogen-bond acceptors (Lipinski definition) is 7. The highest BCUT2D eigenvalue weighted by molar-refractivity contribution is 5.76. The maximum Gasteiger partial charge on any atom is 0.347 e. The Balaban J connectivity index is 1.87. The Morgan fingerprint density at radius 1 is 1.45 bits per heavy atom. The molecule has 3 heterocycles. The normalized spacial score (nSPS) is 15.7. The number of carbonyl (C=O) groups is 1. The average Bonchev–Trinajstić information content (AvgIpc) is 2.85. The summed E-state index contributed by atoms with van der Waals surface area (Å²) in [5.41, 5.74) is -1.06. The van der Waals surface area contributed by atoms with Gasteiger partial charge in [-0.25, -0.2) is 0 Å². The van der Waals surface area contributed by atoms with Gasteiger partial charge in [-0.1, -0.05) is 0 Å². The van der Waals surface area contributed by atoms with Crippen LogP contribution in [0, 0.1) is 5.21 Å². The van der Waals surface area contributed by atoms with Crippen LogP contribution in [0.25, 0.3) is 11.2 Å². The van der Waals surface area contributed by atoms with Crippen molar-refractivity contribution in [2.24, 2.45) is 0 Å². The number of ether oxygens (including phenoxy) is 1. The molecule has 1 saturated heterocycles. The summed E-state index contributed by atoms with van der Waals surface area (Å²) in [5.74, 6) is -0.231. The summed E-state index contributed by atoms with van der Waals surface area (Å²) in [6, 6.07) is 0. The Morgan fingerprint density at radius 2 is 2.20 bits per heavy atom. The number of hydrogen-bond donors (Lipinski definition) is 0. The topological polar surface area (TPSA) is 117 Å². The largest absolute Gasteiger partial charge is 0.378 e. The van der Waals surface area contributed by atoms with Gasteiger partial charge in [0.05, 0.1) is 18.4 Å². The summed E-state index contributed by atoms with van der Waals surface area (Å²) in [6.45, 7) is 1.73. The number of aromatic nitrogens is 4. The molecule has 0 radical (unpaired) electrons. The van der Waals surface area contributed by atoms with Gasteiger partial charge >= 0.3 is 16.7 Å². The smallest absolute Gasteiger partial charge is 0.347 e. The lowest BCUT2D eigenvalue weighted by atomic mass is 10.4. The first-order valence-corrected chi connectivity index (χ1v) is 5.97. The molecule has 0 aliphatic carbocycles. The van der Waals surface area contributed by atoms with Crippen LogP contribution in [0.5, 0.6) is 0 Å². The van der Waals surface area contributed by atoms with Crippen LogP contribution >= 0.6 is 0 Å². The minimum Gasteiger partial charge on any atom is -0.378 e. The molecule has 20 heavy (non-hydrogen) atoms. The van der Waals surface area contributed by atoms with Gasteiger partial charge in [0.1, 0.15) is 12.9 Å². The molecule has 0 unspecified atom stereocenters. The van der Waals surface area contributed by atoms with E-state index in [1.165, 1.54) is 6.33 Å². The lowest BCUT2D eigenvalue weighted by Gasteiger charge is -2.26. The molecule has 2 aromatic heterocycles. The molecule has 2 aromatic rings. The number of amides is 1. The van der Waals surface area contributed by atoms with Gasteiger partial charge in [0, 0.05) is 13.1 Å². The number of morpholine rings is 1. The summed E-state index contributed by atoms with van der Waals surface area (Å²) >= 11 is 0. The van der Waals surface area contributed by atoms with Gasteiger partial charge in [-0.05, 0) is 4.90 Å². The van der Waals surface area contributed by atoms with Gasteiger partial charge in [-0.3, -0.25) is 18.8 Å². The van der Waals surface area contributed by atoms with Crippen molar-refractivity contribution in [1.29, 1.82) is 0 Å². The SMILES string of the molecule is O=C(Cn1cnc2no[n+]([O-])c2c1=O)N1CCOCC1. The summed E-state index contributed by atoms with van der Waals surface area (Å²) in [7, 11) is 0. The van der Waals surface area contributed by atoms with Crippen LogP contribution < -0.4 is 10.5 Å². The maximum absolute atomic E-state index is 12.0. The van der Waals surface area contributed by atoms with E-state index in [4.69, 9.17) is 4.74 Å². The van der Waals surface area contributed by atoms with Gasteiger partial charge in [0.15, 0.2) is 0 Å². The molecule has 10 nitrogen and oxygen atoms in total. The third-order valence-corrected chi connectivity index (χ3v) is 3.05. The Kier molecular flexibility index (Phi) is 3.06. The Labute approximate surface area is 111 Å². The second-order valence-corrected chi connectivity index (χ2v) is 4.27. The van der Waals surface area contributed by atoms with Gasteiger partial charge in [0.25, 0.3) is 0 Å². The van der Waals surface area contributed by atoms with E-state index < -0.39 is 5.56 Å². The van der Waals surface area contributed by atoms with Crippen LogP contribution in [0.3, 0.4) is 0 Å².